The van der Waals surface area contributed by atoms with Crippen LogP contribution in [-0.4, -0.2) is 17.5 Å². The van der Waals surface area contributed by atoms with Gasteiger partial charge in [0, 0.05) is 17.0 Å². The zero-order valence-corrected chi connectivity index (χ0v) is 10.1. The summed E-state index contributed by atoms with van der Waals surface area (Å²) in [5.41, 5.74) is 16.9. The molecule has 1 aromatic rings. The van der Waals surface area contributed by atoms with E-state index in [1.807, 2.05) is 25.1 Å². The predicted molar refractivity (Wildman–Crippen MR) is 71.9 cm³/mol. The van der Waals surface area contributed by atoms with Crippen molar-refractivity contribution in [3.63, 3.8) is 0 Å². The molecule has 2 rings (SSSR count). The molecule has 0 amide bonds. The number of nitrogens with one attached hydrogen (secondary N) is 3. The topological polar surface area (TPSA) is 124 Å². The third-order valence-electron chi connectivity index (χ3n) is 3.02. The largest absolute Gasteiger partial charge is 0.384 e. The zero-order chi connectivity index (χ0) is 13.3. The second kappa shape index (κ2) is 4.48. The Kier molecular flexibility index (Phi) is 3.01. The molecular weight excluding hydrogens is 228 g/mol. The lowest BCUT2D eigenvalue weighted by molar-refractivity contribution is 0.788. The van der Waals surface area contributed by atoms with Gasteiger partial charge in [0.15, 0.2) is 0 Å². The van der Waals surface area contributed by atoms with Gasteiger partial charge in [-0.15, -0.1) is 0 Å². The normalized spacial score (nSPS) is 19.6. The van der Waals surface area contributed by atoms with Crippen molar-refractivity contribution in [3.05, 3.63) is 34.9 Å². The lowest BCUT2D eigenvalue weighted by Gasteiger charge is -2.06. The summed E-state index contributed by atoms with van der Waals surface area (Å²) in [5, 5.41) is 18.8. The highest BCUT2D eigenvalue weighted by Crippen LogP contribution is 2.29. The molecular formula is C12H16N6. The molecule has 0 bridgehead atoms. The molecule has 7 N–H and O–H groups in total. The summed E-state index contributed by atoms with van der Waals surface area (Å²) in [6, 6.07) is 5.65. The molecule has 0 saturated heterocycles. The van der Waals surface area contributed by atoms with Gasteiger partial charge in [-0.3, -0.25) is 10.8 Å². The second-order valence-electron chi connectivity index (χ2n) is 4.37. The van der Waals surface area contributed by atoms with Crippen LogP contribution < -0.4 is 16.9 Å². The molecule has 0 aromatic heterocycles. The van der Waals surface area contributed by atoms with Crippen LogP contribution in [0.1, 0.15) is 23.6 Å². The average Bonchev–Trinajstić information content (AvgIpc) is 2.61. The van der Waals surface area contributed by atoms with Crippen LogP contribution in [0.3, 0.4) is 0 Å². The monoisotopic (exact) mass is 244 g/mol. The summed E-state index contributed by atoms with van der Waals surface area (Å²) >= 11 is 0. The Balaban J connectivity index is 2.47. The van der Waals surface area contributed by atoms with Gasteiger partial charge in [0.05, 0.1) is 5.71 Å². The van der Waals surface area contributed by atoms with Gasteiger partial charge in [-0.1, -0.05) is 25.1 Å². The Morgan fingerprint density at radius 3 is 2.72 bits per heavy atom. The predicted octanol–water partition coefficient (Wildman–Crippen LogP) is 0.350. The lowest BCUT2D eigenvalue weighted by atomic mass is 10.0. The number of hydrogen-bond donors (Lipinski definition) is 5. The van der Waals surface area contributed by atoms with Gasteiger partial charge >= 0.3 is 0 Å². The van der Waals surface area contributed by atoms with Gasteiger partial charge < -0.3 is 11.5 Å². The fourth-order valence-corrected chi connectivity index (χ4v) is 2.26. The van der Waals surface area contributed by atoms with Crippen molar-refractivity contribution in [3.8, 4) is 0 Å². The van der Waals surface area contributed by atoms with Crippen molar-refractivity contribution in [2.75, 3.05) is 0 Å². The van der Waals surface area contributed by atoms with E-state index in [1.54, 1.807) is 0 Å². The summed E-state index contributed by atoms with van der Waals surface area (Å²) in [6.45, 7) is 2.05. The molecule has 6 heteroatoms. The first-order chi connectivity index (χ1) is 8.50. The smallest absolute Gasteiger partial charge is 0.206 e. The molecule has 0 radical (unpaired) electrons. The summed E-state index contributed by atoms with van der Waals surface area (Å²) in [5.74, 6) is 0.0954. The van der Waals surface area contributed by atoms with Crippen LogP contribution in [0.4, 0.5) is 0 Å². The minimum absolute atomic E-state index is 0.0693. The molecule has 1 aliphatic carbocycles. The van der Waals surface area contributed by atoms with Crippen molar-refractivity contribution >= 4 is 17.5 Å². The number of guanidine groups is 1. The van der Waals surface area contributed by atoms with E-state index in [4.69, 9.17) is 22.3 Å². The zero-order valence-electron chi connectivity index (χ0n) is 10.1. The number of benzene rings is 1. The van der Waals surface area contributed by atoms with Crippen molar-refractivity contribution in [1.82, 2.24) is 5.43 Å². The maximum Gasteiger partial charge on any atom is 0.206 e. The average molecular weight is 244 g/mol. The van der Waals surface area contributed by atoms with Crippen LogP contribution in [0.2, 0.25) is 0 Å². The molecule has 0 aliphatic heterocycles. The molecule has 1 aliphatic rings. The molecule has 94 valence electrons. The van der Waals surface area contributed by atoms with Crippen LogP contribution in [-0.2, 0) is 6.42 Å². The molecule has 0 spiro atoms. The van der Waals surface area contributed by atoms with Crippen molar-refractivity contribution in [2.24, 2.45) is 22.5 Å². The summed E-state index contributed by atoms with van der Waals surface area (Å²) in [7, 11) is 0. The van der Waals surface area contributed by atoms with Gasteiger partial charge in [-0.05, 0) is 12.0 Å². The Morgan fingerprint density at radius 2 is 2.11 bits per heavy atom. The number of amidine groups is 1. The van der Waals surface area contributed by atoms with E-state index in [0.717, 1.165) is 28.8 Å². The molecule has 0 heterocycles. The molecule has 0 fully saturated rings. The van der Waals surface area contributed by atoms with Crippen LogP contribution in [0, 0.1) is 16.7 Å². The van der Waals surface area contributed by atoms with E-state index in [1.165, 1.54) is 0 Å². The lowest BCUT2D eigenvalue weighted by Crippen LogP contribution is -2.27. The minimum atomic E-state index is -0.189. The number of fused-ring (bicyclic) bond motifs is 1. The van der Waals surface area contributed by atoms with Crippen molar-refractivity contribution in [2.45, 2.75) is 13.3 Å². The molecule has 1 atom stereocenters. The highest BCUT2D eigenvalue weighted by atomic mass is 15.3. The second-order valence-corrected chi connectivity index (χ2v) is 4.37. The number of hydrogen-bond acceptors (Lipinski definition) is 3. The Hall–Kier alpha value is -2.37. The Bertz CT molecular complexity index is 545. The van der Waals surface area contributed by atoms with Gasteiger partial charge in [0.1, 0.15) is 5.84 Å². The van der Waals surface area contributed by atoms with E-state index in [9.17, 15) is 0 Å². The first-order valence-corrected chi connectivity index (χ1v) is 5.65. The minimum Gasteiger partial charge on any atom is -0.384 e. The van der Waals surface area contributed by atoms with Gasteiger partial charge in [0.2, 0.25) is 5.96 Å². The molecule has 18 heavy (non-hydrogen) atoms. The molecule has 1 aromatic carbocycles. The van der Waals surface area contributed by atoms with E-state index in [0.29, 0.717) is 0 Å². The van der Waals surface area contributed by atoms with Gasteiger partial charge in [0.25, 0.3) is 0 Å². The number of rotatable bonds is 2. The fourth-order valence-electron chi connectivity index (χ4n) is 2.26. The fraction of sp³-hybridized carbons (Fsp3) is 0.250. The van der Waals surface area contributed by atoms with Crippen LogP contribution >= 0.6 is 0 Å². The van der Waals surface area contributed by atoms with Crippen LogP contribution in [0.5, 0.6) is 0 Å². The van der Waals surface area contributed by atoms with Crippen molar-refractivity contribution < 1.29 is 0 Å². The summed E-state index contributed by atoms with van der Waals surface area (Å²) < 4.78 is 0. The van der Waals surface area contributed by atoms with E-state index >= 15 is 0 Å². The summed E-state index contributed by atoms with van der Waals surface area (Å²) in [6.07, 6.45) is 0.795. The molecule has 0 saturated carbocycles. The number of hydrazone groups is 1. The Labute approximate surface area is 105 Å². The first-order valence-electron chi connectivity index (χ1n) is 5.65. The number of nitrogen functional groups attached to an aromatic ring is 1. The number of nitrogens with zero attached hydrogens (tertiary/aromatic N) is 1. The van der Waals surface area contributed by atoms with Gasteiger partial charge in [-0.2, -0.15) is 5.10 Å². The highest BCUT2D eigenvalue weighted by Gasteiger charge is 2.27. The molecule has 1 unspecified atom stereocenters. The maximum atomic E-state index is 7.57. The SMILES string of the molecule is CC1Cc2c(C(=N)N)cccc2/C1=N/NC(=N)N. The Morgan fingerprint density at radius 1 is 1.39 bits per heavy atom. The van der Waals surface area contributed by atoms with Gasteiger partial charge in [-0.25, -0.2) is 5.43 Å². The quantitative estimate of drug-likeness (QED) is 0.293. The highest BCUT2D eigenvalue weighted by molar-refractivity contribution is 6.09. The maximum absolute atomic E-state index is 7.57. The first kappa shape index (κ1) is 12.1. The van der Waals surface area contributed by atoms with Crippen LogP contribution in [0.25, 0.3) is 0 Å². The van der Waals surface area contributed by atoms with Crippen molar-refractivity contribution in [1.29, 1.82) is 10.8 Å². The standard InChI is InChI=1S/C12H16N6/c1-6-5-9-7(10(6)17-18-12(15)16)3-2-4-8(9)11(13)14/h2-4,6H,5H2,1H3,(H3,13,14)(H4,15,16,18)/b17-10+. The van der Waals surface area contributed by atoms with Crippen LogP contribution in [0.15, 0.2) is 23.3 Å². The molecule has 6 nitrogen and oxygen atoms in total. The third kappa shape index (κ3) is 2.04. The summed E-state index contributed by atoms with van der Waals surface area (Å²) in [4.78, 5) is 0. The van der Waals surface area contributed by atoms with E-state index < -0.39 is 0 Å². The van der Waals surface area contributed by atoms with E-state index in [-0.39, 0.29) is 17.7 Å². The third-order valence-corrected chi connectivity index (χ3v) is 3.02. The number of nitrogens with two attached hydrogens (primary N) is 2. The van der Waals surface area contributed by atoms with E-state index in [2.05, 4.69) is 10.5 Å².